The van der Waals surface area contributed by atoms with Crippen molar-refractivity contribution in [2.24, 2.45) is 0 Å². The molecule has 3 N–H and O–H groups in total. The molecule has 0 radical (unpaired) electrons. The van der Waals surface area contributed by atoms with E-state index in [0.717, 1.165) is 17.0 Å². The van der Waals surface area contributed by atoms with Crippen LogP contribution in [0.4, 0.5) is 0 Å². The number of rotatable bonds is 6. The smallest absolute Gasteiger partial charge is 0.303 e. The van der Waals surface area contributed by atoms with Gasteiger partial charge in [-0.15, -0.1) is 0 Å². The van der Waals surface area contributed by atoms with Gasteiger partial charge in [0.15, 0.2) is 0 Å². The van der Waals surface area contributed by atoms with Gasteiger partial charge in [-0.3, -0.25) is 14.4 Å². The molecular formula is C19H19N5O4. The Hall–Kier alpha value is -3.67. The summed E-state index contributed by atoms with van der Waals surface area (Å²) in [5, 5.41) is 20.5. The Bertz CT molecular complexity index is 929. The molecule has 2 heterocycles. The van der Waals surface area contributed by atoms with Gasteiger partial charge < -0.3 is 20.3 Å². The van der Waals surface area contributed by atoms with Gasteiger partial charge in [0.1, 0.15) is 6.04 Å². The second-order valence-corrected chi connectivity index (χ2v) is 6.49. The van der Waals surface area contributed by atoms with Crippen molar-refractivity contribution < 1.29 is 19.5 Å². The molecule has 0 aliphatic carbocycles. The number of aromatic amines is 1. The van der Waals surface area contributed by atoms with Crippen LogP contribution in [0.3, 0.4) is 0 Å². The first kappa shape index (κ1) is 19.1. The van der Waals surface area contributed by atoms with Crippen LogP contribution in [0.5, 0.6) is 0 Å². The van der Waals surface area contributed by atoms with Crippen molar-refractivity contribution in [2.75, 3.05) is 0 Å². The van der Waals surface area contributed by atoms with Crippen molar-refractivity contribution in [2.45, 2.75) is 38.4 Å². The highest BCUT2D eigenvalue weighted by atomic mass is 16.4. The molecule has 3 rings (SSSR count). The molecule has 9 nitrogen and oxygen atoms in total. The number of nitrogens with zero attached hydrogens (tertiary/aromatic N) is 3. The predicted molar refractivity (Wildman–Crippen MR) is 96.5 cm³/mol. The van der Waals surface area contributed by atoms with E-state index < -0.39 is 12.0 Å². The number of benzene rings is 1. The zero-order valence-electron chi connectivity index (χ0n) is 15.0. The summed E-state index contributed by atoms with van der Waals surface area (Å²) in [6, 6.07) is 8.11. The largest absolute Gasteiger partial charge is 0.481 e. The highest BCUT2D eigenvalue weighted by Gasteiger charge is 2.35. The van der Waals surface area contributed by atoms with Gasteiger partial charge in [0.2, 0.25) is 11.8 Å². The Labute approximate surface area is 161 Å². The van der Waals surface area contributed by atoms with Gasteiger partial charge in [0.05, 0.1) is 42.3 Å². The first-order valence-corrected chi connectivity index (χ1v) is 8.77. The van der Waals surface area contributed by atoms with E-state index in [0.29, 0.717) is 5.56 Å². The fourth-order valence-corrected chi connectivity index (χ4v) is 3.09. The van der Waals surface area contributed by atoms with E-state index in [4.69, 9.17) is 10.4 Å². The van der Waals surface area contributed by atoms with Gasteiger partial charge >= 0.3 is 5.97 Å². The normalized spacial score (nSPS) is 15.4. The summed E-state index contributed by atoms with van der Waals surface area (Å²) in [7, 11) is 0. The zero-order valence-corrected chi connectivity index (χ0v) is 15.0. The molecule has 0 unspecified atom stereocenters. The minimum absolute atomic E-state index is 0.168. The molecule has 0 saturated carbocycles. The van der Waals surface area contributed by atoms with Crippen LogP contribution in [0, 0.1) is 11.3 Å². The Morgan fingerprint density at radius 2 is 2.04 bits per heavy atom. The molecule has 2 amide bonds. The Morgan fingerprint density at radius 1 is 1.29 bits per heavy atom. The van der Waals surface area contributed by atoms with Crippen molar-refractivity contribution in [3.05, 3.63) is 53.1 Å². The maximum Gasteiger partial charge on any atom is 0.303 e. The van der Waals surface area contributed by atoms with Crippen LogP contribution < -0.4 is 5.32 Å². The van der Waals surface area contributed by atoms with E-state index in [2.05, 4.69) is 15.3 Å². The summed E-state index contributed by atoms with van der Waals surface area (Å²) in [4.78, 5) is 44.6. The van der Waals surface area contributed by atoms with Crippen molar-refractivity contribution >= 4 is 17.8 Å². The standard InChI is InChI=1S/C19H19N5O4/c20-8-12-1-3-13(4-2-12)9-21-19(28)16-7-14-15(23-11-22-14)10-24(16)17(25)5-6-18(26)27/h1-4,11,16H,5-7,9-10H2,(H,21,28)(H,22,23)(H,26,27)/t16-/m0/s1. The van der Waals surface area contributed by atoms with E-state index in [1.54, 1.807) is 24.3 Å². The molecule has 1 aliphatic heterocycles. The summed E-state index contributed by atoms with van der Waals surface area (Å²) in [5.74, 6) is -1.78. The van der Waals surface area contributed by atoms with E-state index in [9.17, 15) is 14.4 Å². The lowest BCUT2D eigenvalue weighted by Crippen LogP contribution is -2.52. The monoisotopic (exact) mass is 381 g/mol. The Balaban J connectivity index is 1.70. The third-order valence-electron chi connectivity index (χ3n) is 4.62. The van der Waals surface area contributed by atoms with Crippen molar-refractivity contribution in [1.29, 1.82) is 5.26 Å². The summed E-state index contributed by atoms with van der Waals surface area (Å²) >= 11 is 0. The molecule has 1 aliphatic rings. The van der Waals surface area contributed by atoms with Crippen molar-refractivity contribution in [1.82, 2.24) is 20.2 Å². The third-order valence-corrected chi connectivity index (χ3v) is 4.62. The van der Waals surface area contributed by atoms with Crippen LogP contribution in [0.2, 0.25) is 0 Å². The number of hydrogen-bond donors (Lipinski definition) is 3. The van der Waals surface area contributed by atoms with E-state index in [-0.39, 0.29) is 44.2 Å². The lowest BCUT2D eigenvalue weighted by atomic mass is 10.0. The highest BCUT2D eigenvalue weighted by Crippen LogP contribution is 2.22. The number of imidazole rings is 1. The SMILES string of the molecule is N#Cc1ccc(CNC(=O)[C@@H]2Cc3nc[nH]c3CN2C(=O)CCC(=O)O)cc1. The van der Waals surface area contributed by atoms with Crippen LogP contribution in [0.25, 0.3) is 0 Å². The number of aromatic nitrogens is 2. The number of carboxylic acids is 1. The molecule has 0 saturated heterocycles. The number of carboxylic acid groups (broad SMARTS) is 1. The molecule has 0 bridgehead atoms. The summed E-state index contributed by atoms with van der Waals surface area (Å²) in [5.41, 5.74) is 2.83. The molecule has 1 aromatic carbocycles. The Kier molecular flexibility index (Phi) is 5.69. The first-order chi connectivity index (χ1) is 13.5. The molecule has 9 heteroatoms. The molecule has 2 aromatic rings. The van der Waals surface area contributed by atoms with Gasteiger partial charge in [-0.2, -0.15) is 5.26 Å². The maximum atomic E-state index is 12.8. The van der Waals surface area contributed by atoms with E-state index >= 15 is 0 Å². The Morgan fingerprint density at radius 3 is 2.71 bits per heavy atom. The number of fused-ring (bicyclic) bond motifs is 1. The van der Waals surface area contributed by atoms with Gasteiger partial charge in [0.25, 0.3) is 0 Å². The number of nitrogens with one attached hydrogen (secondary N) is 2. The van der Waals surface area contributed by atoms with Crippen molar-refractivity contribution in [3.63, 3.8) is 0 Å². The van der Waals surface area contributed by atoms with Gasteiger partial charge in [0, 0.05) is 19.4 Å². The van der Waals surface area contributed by atoms with Crippen LogP contribution in [-0.4, -0.2) is 43.8 Å². The second kappa shape index (κ2) is 8.35. The van der Waals surface area contributed by atoms with Crippen LogP contribution in [0.15, 0.2) is 30.6 Å². The van der Waals surface area contributed by atoms with Crippen LogP contribution in [0.1, 0.15) is 35.4 Å². The second-order valence-electron chi connectivity index (χ2n) is 6.49. The number of aliphatic carboxylic acids is 1. The van der Waals surface area contributed by atoms with Crippen LogP contribution >= 0.6 is 0 Å². The topological polar surface area (TPSA) is 139 Å². The third kappa shape index (κ3) is 4.35. The molecular weight excluding hydrogens is 362 g/mol. The zero-order chi connectivity index (χ0) is 20.1. The predicted octanol–water partition coefficient (Wildman–Crippen LogP) is 0.716. The van der Waals surface area contributed by atoms with E-state index in [1.165, 1.54) is 11.2 Å². The average Bonchev–Trinajstić information content (AvgIpc) is 3.17. The number of carbonyl (C=O) groups is 3. The van der Waals surface area contributed by atoms with Gasteiger partial charge in [-0.25, -0.2) is 4.98 Å². The molecule has 0 fully saturated rings. The first-order valence-electron chi connectivity index (χ1n) is 8.77. The average molecular weight is 381 g/mol. The minimum Gasteiger partial charge on any atom is -0.481 e. The number of carbonyl (C=O) groups excluding carboxylic acids is 2. The fourth-order valence-electron chi connectivity index (χ4n) is 3.09. The lowest BCUT2D eigenvalue weighted by Gasteiger charge is -2.34. The number of H-pyrrole nitrogens is 1. The van der Waals surface area contributed by atoms with Gasteiger partial charge in [-0.05, 0) is 17.7 Å². The van der Waals surface area contributed by atoms with Crippen LogP contribution in [-0.2, 0) is 33.9 Å². The number of nitriles is 1. The van der Waals surface area contributed by atoms with Crippen molar-refractivity contribution in [3.8, 4) is 6.07 Å². The summed E-state index contributed by atoms with van der Waals surface area (Å²) < 4.78 is 0. The molecule has 1 atom stereocenters. The number of amides is 2. The lowest BCUT2D eigenvalue weighted by molar-refractivity contribution is -0.145. The fraction of sp³-hybridized carbons (Fsp3) is 0.316. The van der Waals surface area contributed by atoms with Gasteiger partial charge in [-0.1, -0.05) is 12.1 Å². The molecule has 144 valence electrons. The maximum absolute atomic E-state index is 12.8. The molecule has 1 aromatic heterocycles. The molecule has 0 spiro atoms. The summed E-state index contributed by atoms with van der Waals surface area (Å²) in [6.45, 7) is 0.439. The quantitative estimate of drug-likeness (QED) is 0.674. The molecule has 28 heavy (non-hydrogen) atoms. The highest BCUT2D eigenvalue weighted by molar-refractivity contribution is 5.89. The summed E-state index contributed by atoms with van der Waals surface area (Å²) in [6.07, 6.45) is 1.32. The number of hydrogen-bond acceptors (Lipinski definition) is 5. The minimum atomic E-state index is -1.06. The van der Waals surface area contributed by atoms with E-state index in [1.807, 2.05) is 6.07 Å².